The Hall–Kier alpha value is -6.44. The number of hydrogen-bond acceptors (Lipinski definition) is 1. The van der Waals surface area contributed by atoms with Gasteiger partial charge in [-0.05, 0) is 112 Å². The first-order valence-corrected chi connectivity index (χ1v) is 18.3. The van der Waals surface area contributed by atoms with Gasteiger partial charge < -0.3 is 4.42 Å². The standard InChI is InChI=1S/C51H32O/c1-51(2)43-16-8-15-37(47(43)42-27-33-10-3-4-11-34(33)28-44(42)51)40-26-25-39(48-41-24-19-29-9-5-6-14-35(29)49(41)52-50(40)48)36-22-20-32-18-17-30-12-7-13-31-21-23-38(36)46(32)45(30)31/h3-28H,1-2H3. The molecule has 1 nitrogen and oxygen atoms in total. The van der Waals surface area contributed by atoms with Crippen LogP contribution in [0.5, 0.6) is 0 Å². The molecule has 0 radical (unpaired) electrons. The minimum Gasteiger partial charge on any atom is -0.455 e. The van der Waals surface area contributed by atoms with Crippen molar-refractivity contribution in [3.8, 4) is 33.4 Å². The fourth-order valence-corrected chi connectivity index (χ4v) is 9.71. The molecule has 0 aliphatic heterocycles. The summed E-state index contributed by atoms with van der Waals surface area (Å²) in [5, 5.41) is 15.0. The predicted molar refractivity (Wildman–Crippen MR) is 221 cm³/mol. The van der Waals surface area contributed by atoms with E-state index in [1.54, 1.807) is 0 Å². The van der Waals surface area contributed by atoms with Crippen molar-refractivity contribution in [3.63, 3.8) is 0 Å². The van der Waals surface area contributed by atoms with Gasteiger partial charge in [0, 0.05) is 27.1 Å². The summed E-state index contributed by atoms with van der Waals surface area (Å²) in [6.45, 7) is 4.74. The minimum absolute atomic E-state index is 0.129. The van der Waals surface area contributed by atoms with E-state index < -0.39 is 0 Å². The highest BCUT2D eigenvalue weighted by Crippen LogP contribution is 2.55. The zero-order valence-corrected chi connectivity index (χ0v) is 28.9. The lowest BCUT2D eigenvalue weighted by atomic mass is 9.81. The summed E-state index contributed by atoms with van der Waals surface area (Å²) < 4.78 is 7.21. The number of benzene rings is 10. The predicted octanol–water partition coefficient (Wildman–Crippen LogP) is 14.4. The molecule has 1 heteroatoms. The van der Waals surface area contributed by atoms with Crippen molar-refractivity contribution in [3.05, 3.63) is 169 Å². The maximum atomic E-state index is 7.21. The molecule has 0 saturated heterocycles. The molecule has 0 spiro atoms. The molecule has 52 heavy (non-hydrogen) atoms. The smallest absolute Gasteiger partial charge is 0.143 e. The first-order valence-electron chi connectivity index (χ1n) is 18.3. The molecule has 1 aliphatic rings. The molecular weight excluding hydrogens is 629 g/mol. The summed E-state index contributed by atoms with van der Waals surface area (Å²) in [6, 6.07) is 58.6. The molecule has 242 valence electrons. The van der Waals surface area contributed by atoms with Crippen LogP contribution in [0.4, 0.5) is 0 Å². The van der Waals surface area contributed by atoms with Gasteiger partial charge >= 0.3 is 0 Å². The van der Waals surface area contributed by atoms with Crippen LogP contribution in [0.15, 0.2) is 162 Å². The second-order valence-corrected chi connectivity index (χ2v) is 15.2. The van der Waals surface area contributed by atoms with E-state index in [-0.39, 0.29) is 5.41 Å². The van der Waals surface area contributed by atoms with E-state index in [0.717, 1.165) is 27.5 Å². The van der Waals surface area contributed by atoms with Crippen molar-refractivity contribution >= 4 is 75.8 Å². The molecule has 0 fully saturated rings. The molecule has 0 atom stereocenters. The van der Waals surface area contributed by atoms with Crippen LogP contribution >= 0.6 is 0 Å². The van der Waals surface area contributed by atoms with Crippen LogP contribution in [-0.2, 0) is 5.41 Å². The first-order chi connectivity index (χ1) is 25.5. The summed E-state index contributed by atoms with van der Waals surface area (Å²) in [5.41, 5.74) is 11.9. The summed E-state index contributed by atoms with van der Waals surface area (Å²) in [7, 11) is 0. The van der Waals surface area contributed by atoms with Crippen molar-refractivity contribution in [2.24, 2.45) is 0 Å². The van der Waals surface area contributed by atoms with Crippen molar-refractivity contribution in [1.82, 2.24) is 0 Å². The lowest BCUT2D eigenvalue weighted by Gasteiger charge is -2.22. The monoisotopic (exact) mass is 660 g/mol. The average Bonchev–Trinajstić information content (AvgIpc) is 3.69. The topological polar surface area (TPSA) is 13.1 Å². The molecule has 0 saturated carbocycles. The molecule has 0 N–H and O–H groups in total. The maximum absolute atomic E-state index is 7.21. The third kappa shape index (κ3) is 3.58. The Kier molecular flexibility index (Phi) is 5.37. The number of fused-ring (bicyclic) bond motifs is 9. The van der Waals surface area contributed by atoms with Gasteiger partial charge in [-0.3, -0.25) is 0 Å². The Morgan fingerprint density at radius 1 is 0.346 bits per heavy atom. The van der Waals surface area contributed by atoms with Gasteiger partial charge in [0.15, 0.2) is 0 Å². The van der Waals surface area contributed by atoms with E-state index in [4.69, 9.17) is 4.42 Å². The van der Waals surface area contributed by atoms with E-state index in [0.29, 0.717) is 0 Å². The van der Waals surface area contributed by atoms with E-state index in [9.17, 15) is 0 Å². The Balaban J connectivity index is 1.21. The minimum atomic E-state index is -0.129. The Labute approximate surface area is 300 Å². The average molecular weight is 661 g/mol. The fourth-order valence-electron chi connectivity index (χ4n) is 9.71. The quantitative estimate of drug-likeness (QED) is 0.168. The second kappa shape index (κ2) is 9.87. The SMILES string of the molecule is CC1(C)c2cc3ccccc3cc2-c2c(-c3ccc(-c4ccc5ccc6cccc7ccc4c5c67)c4c3oc3c5ccccc5ccc34)cccc21. The van der Waals surface area contributed by atoms with Gasteiger partial charge in [0.1, 0.15) is 11.2 Å². The highest BCUT2D eigenvalue weighted by atomic mass is 16.3. The molecule has 0 unspecified atom stereocenters. The van der Waals surface area contributed by atoms with Crippen LogP contribution in [0, 0.1) is 0 Å². The highest BCUT2D eigenvalue weighted by Gasteiger charge is 2.37. The zero-order chi connectivity index (χ0) is 34.3. The maximum Gasteiger partial charge on any atom is 0.143 e. The van der Waals surface area contributed by atoms with Crippen molar-refractivity contribution in [2.75, 3.05) is 0 Å². The van der Waals surface area contributed by atoms with Gasteiger partial charge in [-0.1, -0.05) is 147 Å². The van der Waals surface area contributed by atoms with Gasteiger partial charge in [0.25, 0.3) is 0 Å². The molecule has 10 aromatic carbocycles. The number of rotatable bonds is 2. The Morgan fingerprint density at radius 2 is 0.962 bits per heavy atom. The lowest BCUT2D eigenvalue weighted by molar-refractivity contribution is 0.661. The number of furan rings is 1. The van der Waals surface area contributed by atoms with Gasteiger partial charge in [0.05, 0.1) is 0 Å². The van der Waals surface area contributed by atoms with Crippen LogP contribution in [-0.4, -0.2) is 0 Å². The third-order valence-corrected chi connectivity index (χ3v) is 12.2. The zero-order valence-electron chi connectivity index (χ0n) is 28.9. The van der Waals surface area contributed by atoms with Gasteiger partial charge in [-0.2, -0.15) is 0 Å². The van der Waals surface area contributed by atoms with E-state index >= 15 is 0 Å². The van der Waals surface area contributed by atoms with E-state index in [2.05, 4.69) is 172 Å². The Morgan fingerprint density at radius 3 is 1.81 bits per heavy atom. The fraction of sp³-hybridized carbons (Fsp3) is 0.0588. The van der Waals surface area contributed by atoms with Crippen LogP contribution in [0.2, 0.25) is 0 Å². The van der Waals surface area contributed by atoms with E-state index in [1.165, 1.54) is 92.8 Å². The molecule has 0 bridgehead atoms. The molecule has 1 aromatic heterocycles. The van der Waals surface area contributed by atoms with Crippen molar-refractivity contribution in [1.29, 1.82) is 0 Å². The first kappa shape index (κ1) is 28.3. The van der Waals surface area contributed by atoms with Crippen LogP contribution in [0.1, 0.15) is 25.0 Å². The van der Waals surface area contributed by atoms with Gasteiger partial charge in [-0.25, -0.2) is 0 Å². The highest BCUT2D eigenvalue weighted by molar-refractivity contribution is 6.28. The van der Waals surface area contributed by atoms with Crippen LogP contribution < -0.4 is 0 Å². The lowest BCUT2D eigenvalue weighted by Crippen LogP contribution is -2.14. The summed E-state index contributed by atoms with van der Waals surface area (Å²) >= 11 is 0. The summed E-state index contributed by atoms with van der Waals surface area (Å²) in [6.07, 6.45) is 0. The van der Waals surface area contributed by atoms with Crippen molar-refractivity contribution < 1.29 is 4.42 Å². The molecular formula is C51H32O. The molecule has 1 aliphatic carbocycles. The number of hydrogen-bond donors (Lipinski definition) is 0. The molecule has 12 rings (SSSR count). The van der Waals surface area contributed by atoms with Gasteiger partial charge in [0.2, 0.25) is 0 Å². The summed E-state index contributed by atoms with van der Waals surface area (Å²) in [4.78, 5) is 0. The van der Waals surface area contributed by atoms with Crippen molar-refractivity contribution in [2.45, 2.75) is 19.3 Å². The summed E-state index contributed by atoms with van der Waals surface area (Å²) in [5.74, 6) is 0. The van der Waals surface area contributed by atoms with Crippen LogP contribution in [0.25, 0.3) is 109 Å². The third-order valence-electron chi connectivity index (χ3n) is 12.2. The Bertz CT molecular complexity index is 3300. The van der Waals surface area contributed by atoms with Gasteiger partial charge in [-0.15, -0.1) is 0 Å². The second-order valence-electron chi connectivity index (χ2n) is 15.2. The van der Waals surface area contributed by atoms with E-state index in [1.807, 2.05) is 0 Å². The largest absolute Gasteiger partial charge is 0.455 e. The van der Waals surface area contributed by atoms with Crippen LogP contribution in [0.3, 0.4) is 0 Å². The molecule has 1 heterocycles. The normalized spacial score (nSPS) is 13.7. The molecule has 0 amide bonds. The molecule has 11 aromatic rings.